The lowest BCUT2D eigenvalue weighted by Gasteiger charge is -2.04. The molecule has 0 radical (unpaired) electrons. The highest BCUT2D eigenvalue weighted by atomic mass is 35.5. The summed E-state index contributed by atoms with van der Waals surface area (Å²) in [5.74, 6) is -0.568. The van der Waals surface area contributed by atoms with Gasteiger partial charge < -0.3 is 0 Å². The normalized spacial score (nSPS) is 10.4. The van der Waals surface area contributed by atoms with Gasteiger partial charge in [-0.15, -0.1) is 0 Å². The van der Waals surface area contributed by atoms with E-state index in [1.807, 2.05) is 6.92 Å². The highest BCUT2D eigenvalue weighted by Crippen LogP contribution is 2.23. The first kappa shape index (κ1) is 10.9. The van der Waals surface area contributed by atoms with Crippen LogP contribution in [0.5, 0.6) is 0 Å². The Balaban J connectivity index is 2.66. The lowest BCUT2D eigenvalue weighted by Crippen LogP contribution is -2.18. The van der Waals surface area contributed by atoms with E-state index in [1.54, 1.807) is 29.7 Å². The van der Waals surface area contributed by atoms with Crippen molar-refractivity contribution in [2.24, 2.45) is 0 Å². The Morgan fingerprint density at radius 1 is 1.44 bits per heavy atom. The molecule has 4 nitrogen and oxygen atoms in total. The van der Waals surface area contributed by atoms with Gasteiger partial charge in [0.05, 0.1) is 10.5 Å². The van der Waals surface area contributed by atoms with Crippen molar-refractivity contribution in [3.63, 3.8) is 0 Å². The molecule has 16 heavy (non-hydrogen) atoms. The van der Waals surface area contributed by atoms with E-state index in [2.05, 4.69) is 4.98 Å². The lowest BCUT2D eigenvalue weighted by atomic mass is 10.1. The summed E-state index contributed by atoms with van der Waals surface area (Å²) in [6, 6.07) is 6.63. The molecule has 0 saturated carbocycles. The molecule has 5 heteroatoms. The molecule has 1 amide bonds. The highest BCUT2D eigenvalue weighted by Gasteiger charge is 2.07. The number of pyridine rings is 1. The van der Waals surface area contributed by atoms with E-state index in [0.29, 0.717) is 16.1 Å². The van der Waals surface area contributed by atoms with Crippen molar-refractivity contribution in [2.75, 3.05) is 0 Å². The van der Waals surface area contributed by atoms with Gasteiger partial charge >= 0.3 is 0 Å². The number of amides is 1. The largest absolute Gasteiger partial charge is 0.288 e. The first-order valence-electron chi connectivity index (χ1n) is 4.63. The van der Waals surface area contributed by atoms with Crippen LogP contribution in [-0.4, -0.2) is 16.1 Å². The second-order valence-corrected chi connectivity index (χ2v) is 3.83. The number of nitrogens with zero attached hydrogens (tertiary/aromatic N) is 1. The zero-order chi connectivity index (χ0) is 11.7. The van der Waals surface area contributed by atoms with E-state index in [1.165, 1.54) is 0 Å². The minimum Gasteiger partial charge on any atom is -0.288 e. The number of carbonyl (C=O) groups is 1. The summed E-state index contributed by atoms with van der Waals surface area (Å²) < 4.78 is 0. The fourth-order valence-electron chi connectivity index (χ4n) is 1.52. The van der Waals surface area contributed by atoms with Gasteiger partial charge in [-0.25, -0.2) is 5.48 Å². The molecule has 0 bridgehead atoms. The Morgan fingerprint density at radius 2 is 2.19 bits per heavy atom. The van der Waals surface area contributed by atoms with E-state index in [4.69, 9.17) is 16.8 Å². The lowest BCUT2D eigenvalue weighted by molar-refractivity contribution is 0.0706. The summed E-state index contributed by atoms with van der Waals surface area (Å²) in [6.45, 7) is 1.82. The number of benzene rings is 1. The number of nitrogens with one attached hydrogen (secondary N) is 1. The maximum absolute atomic E-state index is 11.2. The second-order valence-electron chi connectivity index (χ2n) is 3.42. The number of rotatable bonds is 1. The summed E-state index contributed by atoms with van der Waals surface area (Å²) in [5.41, 5.74) is 3.32. The third-order valence-electron chi connectivity index (χ3n) is 2.25. The highest BCUT2D eigenvalue weighted by molar-refractivity contribution is 6.35. The van der Waals surface area contributed by atoms with Crippen molar-refractivity contribution in [1.82, 2.24) is 10.5 Å². The van der Waals surface area contributed by atoms with Gasteiger partial charge in [-0.1, -0.05) is 17.7 Å². The number of aryl methyl sites for hydroxylation is 1. The Bertz CT molecular complexity index is 569. The van der Waals surface area contributed by atoms with Crippen molar-refractivity contribution in [3.8, 4) is 0 Å². The fourth-order valence-corrected chi connectivity index (χ4v) is 1.83. The van der Waals surface area contributed by atoms with Crippen molar-refractivity contribution in [2.45, 2.75) is 6.92 Å². The predicted octanol–water partition coefficient (Wildman–Crippen LogP) is 2.32. The number of fused-ring (bicyclic) bond motifs is 1. The predicted molar refractivity (Wildman–Crippen MR) is 60.7 cm³/mol. The van der Waals surface area contributed by atoms with Crippen LogP contribution >= 0.6 is 11.6 Å². The molecule has 0 atom stereocenters. The molecule has 2 N–H and O–H groups in total. The topological polar surface area (TPSA) is 62.2 Å². The van der Waals surface area contributed by atoms with Crippen molar-refractivity contribution < 1.29 is 10.0 Å². The van der Waals surface area contributed by atoms with Crippen LogP contribution in [0.15, 0.2) is 24.3 Å². The molecule has 0 saturated heterocycles. The molecule has 1 aromatic carbocycles. The molecular weight excluding hydrogens is 228 g/mol. The minimum absolute atomic E-state index is 0.337. The Morgan fingerprint density at radius 3 is 2.88 bits per heavy atom. The summed E-state index contributed by atoms with van der Waals surface area (Å²) in [7, 11) is 0. The first-order valence-corrected chi connectivity index (χ1v) is 5.01. The molecule has 0 aliphatic carbocycles. The van der Waals surface area contributed by atoms with Crippen LogP contribution in [0.3, 0.4) is 0 Å². The number of hydroxylamine groups is 1. The van der Waals surface area contributed by atoms with E-state index in [9.17, 15) is 4.79 Å². The first-order chi connectivity index (χ1) is 7.61. The molecule has 0 fully saturated rings. The molecule has 2 aromatic rings. The maximum Gasteiger partial charge on any atom is 0.274 e. The third-order valence-corrected chi connectivity index (χ3v) is 2.56. The van der Waals surface area contributed by atoms with Gasteiger partial charge in [-0.05, 0) is 25.1 Å². The number of aromatic nitrogens is 1. The SMILES string of the molecule is Cc1cc(Cl)c2ccc(C(=O)NO)cc2n1. The summed E-state index contributed by atoms with van der Waals surface area (Å²) in [4.78, 5) is 15.5. The van der Waals surface area contributed by atoms with Crippen LogP contribution in [-0.2, 0) is 0 Å². The minimum atomic E-state index is -0.568. The molecule has 1 aromatic heterocycles. The standard InChI is InChI=1S/C11H9ClN2O2/c1-6-4-9(12)8-3-2-7(11(15)14-16)5-10(8)13-6/h2-5,16H,1H3,(H,14,15). The molecule has 0 spiro atoms. The Labute approximate surface area is 96.8 Å². The zero-order valence-electron chi connectivity index (χ0n) is 8.49. The molecule has 2 rings (SSSR count). The number of hydrogen-bond acceptors (Lipinski definition) is 3. The average molecular weight is 237 g/mol. The van der Waals surface area contributed by atoms with Crippen LogP contribution in [0.25, 0.3) is 10.9 Å². The monoisotopic (exact) mass is 236 g/mol. The number of hydrogen-bond donors (Lipinski definition) is 2. The van der Waals surface area contributed by atoms with Crippen LogP contribution in [0, 0.1) is 6.92 Å². The van der Waals surface area contributed by atoms with E-state index < -0.39 is 5.91 Å². The molecule has 0 aliphatic heterocycles. The Hall–Kier alpha value is -1.65. The van der Waals surface area contributed by atoms with Crippen LogP contribution in [0.4, 0.5) is 0 Å². The second kappa shape index (κ2) is 4.08. The van der Waals surface area contributed by atoms with Crippen molar-refractivity contribution in [3.05, 3.63) is 40.5 Å². The van der Waals surface area contributed by atoms with Crippen LogP contribution in [0.2, 0.25) is 5.02 Å². The number of halogens is 1. The van der Waals surface area contributed by atoms with Gasteiger partial charge in [0.2, 0.25) is 0 Å². The average Bonchev–Trinajstić information content (AvgIpc) is 2.27. The summed E-state index contributed by atoms with van der Waals surface area (Å²) >= 11 is 6.04. The zero-order valence-corrected chi connectivity index (χ0v) is 9.25. The van der Waals surface area contributed by atoms with Crippen molar-refractivity contribution >= 4 is 28.4 Å². The molecule has 1 heterocycles. The van der Waals surface area contributed by atoms with Gasteiger partial charge in [0, 0.05) is 16.6 Å². The molecule has 82 valence electrons. The maximum atomic E-state index is 11.2. The van der Waals surface area contributed by atoms with Gasteiger partial charge in [-0.2, -0.15) is 0 Å². The van der Waals surface area contributed by atoms with E-state index >= 15 is 0 Å². The van der Waals surface area contributed by atoms with E-state index in [-0.39, 0.29) is 0 Å². The quantitative estimate of drug-likeness (QED) is 0.590. The fraction of sp³-hybridized carbons (Fsp3) is 0.0909. The van der Waals surface area contributed by atoms with Gasteiger partial charge in [0.15, 0.2) is 0 Å². The summed E-state index contributed by atoms with van der Waals surface area (Å²) in [6.07, 6.45) is 0. The van der Waals surface area contributed by atoms with E-state index in [0.717, 1.165) is 11.1 Å². The van der Waals surface area contributed by atoms with Crippen LogP contribution in [0.1, 0.15) is 16.1 Å². The molecule has 0 aliphatic rings. The van der Waals surface area contributed by atoms with Crippen LogP contribution < -0.4 is 5.48 Å². The third kappa shape index (κ3) is 1.85. The smallest absolute Gasteiger partial charge is 0.274 e. The van der Waals surface area contributed by atoms with Crippen molar-refractivity contribution in [1.29, 1.82) is 0 Å². The summed E-state index contributed by atoms with van der Waals surface area (Å²) in [5, 5.41) is 9.90. The Kier molecular flexibility index (Phi) is 2.77. The van der Waals surface area contributed by atoms with Gasteiger partial charge in [0.1, 0.15) is 0 Å². The van der Waals surface area contributed by atoms with Gasteiger partial charge in [0.25, 0.3) is 5.91 Å². The molecule has 0 unspecified atom stereocenters. The number of carbonyl (C=O) groups excluding carboxylic acids is 1. The molecular formula is C11H9ClN2O2. The van der Waals surface area contributed by atoms with Gasteiger partial charge in [-0.3, -0.25) is 15.0 Å².